The molecule has 0 aliphatic rings. The number of benzene rings is 1. The van der Waals surface area contributed by atoms with Gasteiger partial charge in [-0.1, -0.05) is 18.2 Å². The molecule has 0 spiro atoms. The number of aryl methyl sites for hydroxylation is 1. The Morgan fingerprint density at radius 2 is 2.10 bits per heavy atom. The predicted molar refractivity (Wildman–Crippen MR) is 89.7 cm³/mol. The van der Waals surface area contributed by atoms with E-state index in [0.29, 0.717) is 11.7 Å². The fraction of sp³-hybridized carbons (Fsp3) is 0.250. The highest BCUT2D eigenvalue weighted by molar-refractivity contribution is 7.80. The van der Waals surface area contributed by atoms with Crippen molar-refractivity contribution in [3.63, 3.8) is 0 Å². The zero-order chi connectivity index (χ0) is 15.1. The molecular weight excluding hydrogens is 282 g/mol. The normalized spacial score (nSPS) is 11.5. The van der Waals surface area contributed by atoms with Crippen molar-refractivity contribution in [1.29, 1.82) is 0 Å². The summed E-state index contributed by atoms with van der Waals surface area (Å²) < 4.78 is 5.79. The van der Waals surface area contributed by atoms with Crippen LogP contribution in [0.25, 0.3) is 0 Å². The van der Waals surface area contributed by atoms with Gasteiger partial charge >= 0.3 is 0 Å². The molecule has 1 heterocycles. The van der Waals surface area contributed by atoms with Gasteiger partial charge in [0.1, 0.15) is 12.4 Å². The summed E-state index contributed by atoms with van der Waals surface area (Å²) in [6, 6.07) is 11.8. The molecule has 0 aliphatic heterocycles. The zero-order valence-corrected chi connectivity index (χ0v) is 13.0. The second-order valence-corrected chi connectivity index (χ2v) is 5.23. The second kappa shape index (κ2) is 7.59. The van der Waals surface area contributed by atoms with E-state index >= 15 is 0 Å². The van der Waals surface area contributed by atoms with Crippen molar-refractivity contribution in [1.82, 2.24) is 10.3 Å². The van der Waals surface area contributed by atoms with Crippen LogP contribution in [0.15, 0.2) is 48.8 Å². The molecule has 21 heavy (non-hydrogen) atoms. The lowest BCUT2D eigenvalue weighted by atomic mass is 10.2. The van der Waals surface area contributed by atoms with Crippen LogP contribution >= 0.6 is 12.2 Å². The molecule has 5 heteroatoms. The van der Waals surface area contributed by atoms with Crippen molar-refractivity contribution < 1.29 is 4.74 Å². The quantitative estimate of drug-likeness (QED) is 0.831. The predicted octanol–water partition coefficient (Wildman–Crippen LogP) is 3.14. The molecule has 110 valence electrons. The fourth-order valence-electron chi connectivity index (χ4n) is 1.80. The molecule has 0 radical (unpaired) electrons. The fourth-order valence-corrected chi connectivity index (χ4v) is 2.12. The van der Waals surface area contributed by atoms with Crippen molar-refractivity contribution >= 4 is 23.0 Å². The van der Waals surface area contributed by atoms with Crippen molar-refractivity contribution in [2.75, 3.05) is 11.9 Å². The summed E-state index contributed by atoms with van der Waals surface area (Å²) >= 11 is 5.26. The van der Waals surface area contributed by atoms with Gasteiger partial charge in [0.05, 0.1) is 17.9 Å². The van der Waals surface area contributed by atoms with Crippen LogP contribution in [0.2, 0.25) is 0 Å². The van der Waals surface area contributed by atoms with Crippen molar-refractivity contribution in [2.24, 2.45) is 0 Å². The number of hydrogen-bond donors (Lipinski definition) is 2. The number of pyridine rings is 1. The molecule has 4 nitrogen and oxygen atoms in total. The van der Waals surface area contributed by atoms with E-state index in [-0.39, 0.29) is 6.04 Å². The molecule has 2 aromatic rings. The molecule has 1 atom stereocenters. The minimum atomic E-state index is 0.0984. The molecule has 0 aliphatic carbocycles. The summed E-state index contributed by atoms with van der Waals surface area (Å²) in [6.45, 7) is 4.59. The number of nitrogens with one attached hydrogen (secondary N) is 2. The van der Waals surface area contributed by atoms with Crippen LogP contribution in [0.1, 0.15) is 12.5 Å². The van der Waals surface area contributed by atoms with Crippen LogP contribution in [0.4, 0.5) is 5.69 Å². The van der Waals surface area contributed by atoms with Crippen molar-refractivity contribution in [3.05, 3.63) is 54.4 Å². The molecule has 0 saturated heterocycles. The lowest BCUT2D eigenvalue weighted by Gasteiger charge is -2.18. The van der Waals surface area contributed by atoms with E-state index in [0.717, 1.165) is 17.0 Å². The lowest BCUT2D eigenvalue weighted by Crippen LogP contribution is -2.39. The van der Waals surface area contributed by atoms with Crippen LogP contribution in [0, 0.1) is 6.92 Å². The number of para-hydroxylation sites is 1. The first-order valence-corrected chi connectivity index (χ1v) is 7.22. The standard InChI is InChI=1S/C16H19N3OS/c1-12-6-3-4-8-15(12)20-11-13(2)18-16(21)19-14-7-5-9-17-10-14/h3-10,13H,11H2,1-2H3,(H2,18,19,21)/t13-/m1/s1. The maximum absolute atomic E-state index is 5.79. The molecule has 0 bridgehead atoms. The van der Waals surface area contributed by atoms with E-state index in [2.05, 4.69) is 15.6 Å². The Kier molecular flexibility index (Phi) is 5.51. The van der Waals surface area contributed by atoms with Gasteiger partial charge in [-0.05, 0) is 49.8 Å². The Morgan fingerprint density at radius 1 is 1.29 bits per heavy atom. The van der Waals surface area contributed by atoms with Gasteiger partial charge in [-0.3, -0.25) is 4.98 Å². The summed E-state index contributed by atoms with van der Waals surface area (Å²) in [5.74, 6) is 0.900. The van der Waals surface area contributed by atoms with Gasteiger partial charge in [0, 0.05) is 6.20 Å². The molecule has 1 aromatic carbocycles. The van der Waals surface area contributed by atoms with Crippen LogP contribution in [-0.4, -0.2) is 22.7 Å². The maximum Gasteiger partial charge on any atom is 0.171 e. The lowest BCUT2D eigenvalue weighted by molar-refractivity contribution is 0.285. The van der Waals surface area contributed by atoms with Crippen molar-refractivity contribution in [2.45, 2.75) is 19.9 Å². The Balaban J connectivity index is 1.78. The topological polar surface area (TPSA) is 46.2 Å². The molecule has 1 aromatic heterocycles. The number of rotatable bonds is 5. The first-order chi connectivity index (χ1) is 10.1. The average molecular weight is 301 g/mol. The Morgan fingerprint density at radius 3 is 2.81 bits per heavy atom. The van der Waals surface area contributed by atoms with Crippen molar-refractivity contribution in [3.8, 4) is 5.75 Å². The highest BCUT2D eigenvalue weighted by Gasteiger charge is 2.06. The van der Waals surface area contributed by atoms with E-state index in [1.54, 1.807) is 12.4 Å². The summed E-state index contributed by atoms with van der Waals surface area (Å²) in [7, 11) is 0. The largest absolute Gasteiger partial charge is 0.491 e. The number of ether oxygens (including phenoxy) is 1. The summed E-state index contributed by atoms with van der Waals surface area (Å²) in [4.78, 5) is 4.03. The van der Waals surface area contributed by atoms with Gasteiger partial charge < -0.3 is 15.4 Å². The van der Waals surface area contributed by atoms with E-state index in [1.807, 2.05) is 50.2 Å². The molecule has 2 rings (SSSR count). The third kappa shape index (κ3) is 5.04. The summed E-state index contributed by atoms with van der Waals surface area (Å²) in [6.07, 6.45) is 3.45. The summed E-state index contributed by atoms with van der Waals surface area (Å²) in [5, 5.41) is 6.83. The van der Waals surface area contributed by atoms with Gasteiger partial charge in [0.15, 0.2) is 5.11 Å². The average Bonchev–Trinajstić information content (AvgIpc) is 2.47. The monoisotopic (exact) mass is 301 g/mol. The number of aromatic nitrogens is 1. The Bertz CT molecular complexity index is 589. The van der Waals surface area contributed by atoms with Crippen LogP contribution < -0.4 is 15.4 Å². The van der Waals surface area contributed by atoms with E-state index < -0.39 is 0 Å². The first kappa shape index (κ1) is 15.3. The minimum absolute atomic E-state index is 0.0984. The molecule has 2 N–H and O–H groups in total. The molecule has 0 saturated carbocycles. The number of anilines is 1. The Hall–Kier alpha value is -2.14. The third-order valence-electron chi connectivity index (χ3n) is 2.88. The maximum atomic E-state index is 5.79. The third-order valence-corrected chi connectivity index (χ3v) is 3.10. The zero-order valence-electron chi connectivity index (χ0n) is 12.2. The highest BCUT2D eigenvalue weighted by atomic mass is 32.1. The smallest absolute Gasteiger partial charge is 0.171 e. The summed E-state index contributed by atoms with van der Waals surface area (Å²) in [5.41, 5.74) is 1.99. The number of nitrogens with zero attached hydrogens (tertiary/aromatic N) is 1. The van der Waals surface area contributed by atoms with Crippen LogP contribution in [0.3, 0.4) is 0 Å². The van der Waals surface area contributed by atoms with E-state index in [9.17, 15) is 0 Å². The van der Waals surface area contributed by atoms with Gasteiger partial charge in [-0.15, -0.1) is 0 Å². The van der Waals surface area contributed by atoms with Gasteiger partial charge in [-0.2, -0.15) is 0 Å². The molecular formula is C16H19N3OS. The van der Waals surface area contributed by atoms with Gasteiger partial charge in [-0.25, -0.2) is 0 Å². The van der Waals surface area contributed by atoms with Crippen LogP contribution in [-0.2, 0) is 0 Å². The number of thiocarbonyl (C=S) groups is 1. The Labute approximate surface area is 130 Å². The van der Waals surface area contributed by atoms with E-state index in [1.165, 1.54) is 0 Å². The number of hydrogen-bond acceptors (Lipinski definition) is 3. The SMILES string of the molecule is Cc1ccccc1OC[C@@H](C)NC(=S)Nc1cccnc1. The minimum Gasteiger partial charge on any atom is -0.491 e. The first-order valence-electron chi connectivity index (χ1n) is 6.81. The van der Waals surface area contributed by atoms with Gasteiger partial charge in [0.25, 0.3) is 0 Å². The highest BCUT2D eigenvalue weighted by Crippen LogP contribution is 2.16. The van der Waals surface area contributed by atoms with Gasteiger partial charge in [0.2, 0.25) is 0 Å². The second-order valence-electron chi connectivity index (χ2n) is 4.82. The molecule has 0 amide bonds. The van der Waals surface area contributed by atoms with Crippen LogP contribution in [0.5, 0.6) is 5.75 Å². The molecule has 0 unspecified atom stereocenters. The molecule has 0 fully saturated rings. The van der Waals surface area contributed by atoms with E-state index in [4.69, 9.17) is 17.0 Å².